The summed E-state index contributed by atoms with van der Waals surface area (Å²) in [4.78, 5) is 0. The van der Waals surface area contributed by atoms with Gasteiger partial charge >= 0.3 is 0 Å². The quantitative estimate of drug-likeness (QED) is 0.581. The topological polar surface area (TPSA) is 20.2 Å². The highest BCUT2D eigenvalue weighted by molar-refractivity contribution is 14.1. The van der Waals surface area contributed by atoms with Crippen LogP contribution in [0.3, 0.4) is 0 Å². The molecule has 0 saturated heterocycles. The van der Waals surface area contributed by atoms with Crippen LogP contribution in [-0.2, 0) is 0 Å². The molecule has 0 saturated carbocycles. The second-order valence-corrected chi connectivity index (χ2v) is 4.22. The summed E-state index contributed by atoms with van der Waals surface area (Å²) in [6, 6.07) is 0. The highest BCUT2D eigenvalue weighted by atomic mass is 127. The predicted molar refractivity (Wildman–Crippen MR) is 71.6 cm³/mol. The lowest BCUT2D eigenvalue weighted by molar-refractivity contribution is 0.181. The van der Waals surface area contributed by atoms with Gasteiger partial charge in [-0.2, -0.15) is 0 Å². The van der Waals surface area contributed by atoms with E-state index in [-0.39, 0.29) is 6.10 Å². The van der Waals surface area contributed by atoms with Gasteiger partial charge in [-0.3, -0.25) is 0 Å². The van der Waals surface area contributed by atoms with Crippen LogP contribution in [0.2, 0.25) is 0 Å². The summed E-state index contributed by atoms with van der Waals surface area (Å²) in [5.74, 6) is 0. The van der Waals surface area contributed by atoms with E-state index in [9.17, 15) is 5.11 Å². The fourth-order valence-corrected chi connectivity index (χ4v) is 1.40. The third kappa shape index (κ3) is 7.33. The van der Waals surface area contributed by atoms with Crippen LogP contribution >= 0.6 is 22.6 Å². The molecule has 1 atom stereocenters. The third-order valence-corrected chi connectivity index (χ3v) is 2.98. The maximum atomic E-state index is 9.46. The Hall–Kier alpha value is -0.0900. The zero-order valence-electron chi connectivity index (χ0n) is 8.96. The second kappa shape index (κ2) is 8.24. The Morgan fingerprint density at radius 3 is 2.50 bits per heavy atom. The molecule has 0 aromatic rings. The number of allylic oxidation sites excluding steroid dienone is 2. The molecule has 0 unspecified atom stereocenters. The van der Waals surface area contributed by atoms with Gasteiger partial charge < -0.3 is 5.11 Å². The van der Waals surface area contributed by atoms with Crippen LogP contribution in [0.4, 0.5) is 0 Å². The lowest BCUT2D eigenvalue weighted by atomic mass is 10.1. The molecule has 0 aliphatic rings. The first kappa shape index (κ1) is 13.9. The van der Waals surface area contributed by atoms with Gasteiger partial charge in [0.1, 0.15) is 0 Å². The minimum atomic E-state index is -0.272. The first-order valence-electron chi connectivity index (χ1n) is 4.80. The molecule has 2 heteroatoms. The molecule has 0 rings (SSSR count). The maximum absolute atomic E-state index is 9.46. The smallest absolute Gasteiger partial charge is 0.0609 e. The Morgan fingerprint density at radius 2 is 2.00 bits per heavy atom. The molecule has 80 valence electrons. The lowest BCUT2D eigenvalue weighted by Gasteiger charge is -2.05. The van der Waals surface area contributed by atoms with Crippen molar-refractivity contribution >= 4 is 22.6 Å². The van der Waals surface area contributed by atoms with Crippen molar-refractivity contribution in [2.45, 2.75) is 39.2 Å². The standard InChI is InChI=1S/C12H19IO/c1-4-5-12(14)7-6-10(2)8-11(3)9-13/h4,6,9,12,14H,1,5,7-8H2,2-3H3/b10-6+,11-9+/t12-/m1/s1. The number of aliphatic hydroxyl groups excluding tert-OH is 1. The highest BCUT2D eigenvalue weighted by Crippen LogP contribution is 2.13. The Morgan fingerprint density at radius 1 is 1.36 bits per heavy atom. The van der Waals surface area contributed by atoms with Crippen molar-refractivity contribution in [1.29, 1.82) is 0 Å². The average molecular weight is 306 g/mol. The van der Waals surface area contributed by atoms with Crippen molar-refractivity contribution < 1.29 is 5.11 Å². The fraction of sp³-hybridized carbons (Fsp3) is 0.500. The van der Waals surface area contributed by atoms with Crippen molar-refractivity contribution in [1.82, 2.24) is 0 Å². The molecule has 0 heterocycles. The molecular weight excluding hydrogens is 287 g/mol. The van der Waals surface area contributed by atoms with E-state index in [1.54, 1.807) is 6.08 Å². The molecule has 0 bridgehead atoms. The van der Waals surface area contributed by atoms with Crippen LogP contribution < -0.4 is 0 Å². The van der Waals surface area contributed by atoms with Crippen molar-refractivity contribution in [2.24, 2.45) is 0 Å². The van der Waals surface area contributed by atoms with Gasteiger partial charge in [0, 0.05) is 0 Å². The monoisotopic (exact) mass is 306 g/mol. The van der Waals surface area contributed by atoms with Gasteiger partial charge in [0.2, 0.25) is 0 Å². The molecular formula is C12H19IO. The lowest BCUT2D eigenvalue weighted by Crippen LogP contribution is -2.02. The Kier molecular flexibility index (Phi) is 8.18. The molecule has 0 aromatic heterocycles. The average Bonchev–Trinajstić information content (AvgIpc) is 2.15. The van der Waals surface area contributed by atoms with Crippen LogP contribution in [0.25, 0.3) is 0 Å². The van der Waals surface area contributed by atoms with E-state index in [0.717, 1.165) is 12.8 Å². The van der Waals surface area contributed by atoms with E-state index < -0.39 is 0 Å². The summed E-state index contributed by atoms with van der Waals surface area (Å²) < 4.78 is 2.09. The maximum Gasteiger partial charge on any atom is 0.0609 e. The molecule has 1 N–H and O–H groups in total. The first-order valence-corrected chi connectivity index (χ1v) is 6.05. The molecule has 0 aromatic carbocycles. The van der Waals surface area contributed by atoms with E-state index >= 15 is 0 Å². The fourth-order valence-electron chi connectivity index (χ4n) is 1.18. The zero-order valence-corrected chi connectivity index (χ0v) is 11.1. The van der Waals surface area contributed by atoms with E-state index in [0.29, 0.717) is 6.42 Å². The summed E-state index contributed by atoms with van der Waals surface area (Å²) in [6.45, 7) is 7.82. The zero-order chi connectivity index (χ0) is 11.0. The van der Waals surface area contributed by atoms with Crippen molar-refractivity contribution in [3.8, 4) is 0 Å². The summed E-state index contributed by atoms with van der Waals surface area (Å²) >= 11 is 2.25. The number of halogens is 1. The molecule has 0 radical (unpaired) electrons. The van der Waals surface area contributed by atoms with Crippen LogP contribution in [0, 0.1) is 0 Å². The minimum absolute atomic E-state index is 0.272. The third-order valence-electron chi connectivity index (χ3n) is 1.92. The molecule has 0 spiro atoms. The predicted octanol–water partition coefficient (Wildman–Crippen LogP) is 3.99. The number of hydrogen-bond acceptors (Lipinski definition) is 1. The summed E-state index contributed by atoms with van der Waals surface area (Å²) in [6.07, 6.45) is 5.99. The van der Waals surface area contributed by atoms with Gasteiger partial charge in [0.05, 0.1) is 6.10 Å². The molecule has 14 heavy (non-hydrogen) atoms. The highest BCUT2D eigenvalue weighted by Gasteiger charge is 1.99. The number of rotatable bonds is 6. The van der Waals surface area contributed by atoms with Crippen LogP contribution in [0.15, 0.2) is 34.0 Å². The van der Waals surface area contributed by atoms with Gasteiger partial charge in [-0.05, 0) is 37.2 Å². The summed E-state index contributed by atoms with van der Waals surface area (Å²) in [5, 5.41) is 9.46. The van der Waals surface area contributed by atoms with E-state index in [2.05, 4.69) is 53.2 Å². The molecule has 0 fully saturated rings. The SMILES string of the molecule is C=CC[C@@H](O)C/C=C(\C)C/C(C)=C/I. The molecule has 0 amide bonds. The van der Waals surface area contributed by atoms with Crippen molar-refractivity contribution in [3.05, 3.63) is 34.0 Å². The number of aliphatic hydroxyl groups is 1. The summed E-state index contributed by atoms with van der Waals surface area (Å²) in [7, 11) is 0. The van der Waals surface area contributed by atoms with Crippen LogP contribution in [-0.4, -0.2) is 11.2 Å². The molecule has 1 nitrogen and oxygen atoms in total. The largest absolute Gasteiger partial charge is 0.392 e. The second-order valence-electron chi connectivity index (χ2n) is 3.60. The Balaban J connectivity index is 3.93. The van der Waals surface area contributed by atoms with Gasteiger partial charge in [-0.25, -0.2) is 0 Å². The van der Waals surface area contributed by atoms with Crippen LogP contribution in [0.1, 0.15) is 33.1 Å². The number of hydrogen-bond donors (Lipinski definition) is 1. The Bertz CT molecular complexity index is 228. The van der Waals surface area contributed by atoms with Gasteiger partial charge in [-0.1, -0.05) is 45.9 Å². The molecule has 0 aliphatic carbocycles. The molecule has 0 aliphatic heterocycles. The van der Waals surface area contributed by atoms with Gasteiger partial charge in [-0.15, -0.1) is 6.58 Å². The van der Waals surface area contributed by atoms with Gasteiger partial charge in [0.25, 0.3) is 0 Å². The van der Waals surface area contributed by atoms with E-state index in [1.807, 2.05) is 0 Å². The van der Waals surface area contributed by atoms with E-state index in [4.69, 9.17) is 0 Å². The Labute approximate surface area is 101 Å². The first-order chi connectivity index (χ1) is 6.60. The van der Waals surface area contributed by atoms with E-state index in [1.165, 1.54) is 11.1 Å². The normalized spacial score (nSPS) is 15.4. The minimum Gasteiger partial charge on any atom is -0.392 e. The van der Waals surface area contributed by atoms with Crippen LogP contribution in [0.5, 0.6) is 0 Å². The van der Waals surface area contributed by atoms with Gasteiger partial charge in [0.15, 0.2) is 0 Å². The van der Waals surface area contributed by atoms with Crippen molar-refractivity contribution in [2.75, 3.05) is 0 Å². The van der Waals surface area contributed by atoms with Crippen molar-refractivity contribution in [3.63, 3.8) is 0 Å². The summed E-state index contributed by atoms with van der Waals surface area (Å²) in [5.41, 5.74) is 2.68.